The van der Waals surface area contributed by atoms with E-state index in [0.717, 1.165) is 49.4 Å². The number of aryl methyl sites for hydroxylation is 1. The largest absolute Gasteiger partial charge is 0.410 e. The van der Waals surface area contributed by atoms with Gasteiger partial charge in [0.25, 0.3) is 0 Å². The molecule has 0 radical (unpaired) electrons. The first-order valence-electron chi connectivity index (χ1n) is 8.45. The summed E-state index contributed by atoms with van der Waals surface area (Å²) in [4.78, 5) is 4.84. The van der Waals surface area contributed by atoms with E-state index in [4.69, 9.17) is 0 Å². The smallest absolute Gasteiger partial charge is 0.117 e. The third kappa shape index (κ3) is 4.02. The van der Waals surface area contributed by atoms with Gasteiger partial charge >= 0.3 is 0 Å². The number of rotatable bonds is 4. The highest BCUT2D eigenvalue weighted by Crippen LogP contribution is 2.16. The van der Waals surface area contributed by atoms with Gasteiger partial charge in [-0.3, -0.25) is 4.90 Å². The molecule has 3 rings (SSSR count). The van der Waals surface area contributed by atoms with Gasteiger partial charge in [0.05, 0.1) is 0 Å². The molecule has 4 heteroatoms. The summed E-state index contributed by atoms with van der Waals surface area (Å²) in [6.45, 7) is 7.41. The van der Waals surface area contributed by atoms with Crippen molar-refractivity contribution in [1.82, 2.24) is 9.80 Å². The van der Waals surface area contributed by atoms with E-state index >= 15 is 0 Å². The molecule has 126 valence electrons. The zero-order chi connectivity index (χ0) is 16.9. The van der Waals surface area contributed by atoms with Crippen molar-refractivity contribution in [2.75, 3.05) is 33.2 Å². The van der Waals surface area contributed by atoms with Crippen molar-refractivity contribution in [3.63, 3.8) is 0 Å². The quantitative estimate of drug-likeness (QED) is 0.534. The van der Waals surface area contributed by atoms with E-state index < -0.39 is 0 Å². The van der Waals surface area contributed by atoms with Gasteiger partial charge in [0.2, 0.25) is 0 Å². The number of benzene rings is 2. The number of piperazine rings is 1. The molecule has 1 aliphatic heterocycles. The van der Waals surface area contributed by atoms with Crippen molar-refractivity contribution >= 4 is 5.71 Å². The summed E-state index contributed by atoms with van der Waals surface area (Å²) in [7, 11) is 2.17. The van der Waals surface area contributed by atoms with Gasteiger partial charge < -0.3 is 10.1 Å². The molecule has 4 nitrogen and oxygen atoms in total. The number of hydrogen-bond acceptors (Lipinski definition) is 4. The molecule has 24 heavy (non-hydrogen) atoms. The Kier molecular flexibility index (Phi) is 5.28. The van der Waals surface area contributed by atoms with Crippen LogP contribution >= 0.6 is 0 Å². The van der Waals surface area contributed by atoms with Crippen LogP contribution < -0.4 is 0 Å². The second-order valence-electron chi connectivity index (χ2n) is 6.60. The van der Waals surface area contributed by atoms with E-state index in [1.807, 2.05) is 43.3 Å². The number of nitrogens with zero attached hydrogens (tertiary/aromatic N) is 3. The zero-order valence-corrected chi connectivity index (χ0v) is 14.4. The summed E-state index contributed by atoms with van der Waals surface area (Å²) >= 11 is 0. The van der Waals surface area contributed by atoms with Crippen molar-refractivity contribution in [2.24, 2.45) is 5.16 Å². The van der Waals surface area contributed by atoms with Gasteiger partial charge in [-0.25, -0.2) is 0 Å². The van der Waals surface area contributed by atoms with Gasteiger partial charge in [0.1, 0.15) is 5.71 Å². The van der Waals surface area contributed by atoms with E-state index in [1.165, 1.54) is 5.56 Å². The maximum Gasteiger partial charge on any atom is 0.117 e. The Bertz CT molecular complexity index is 718. The standard InChI is InChI=1S/C20H25N3O/c1-16-5-3-7-18(13-16)20(21-24)19-8-4-6-17(14-19)15-23-11-9-22(2)10-12-23/h3-8,13-14,24H,9-12,15H2,1-2H3/b21-20-. The normalized spacial score (nSPS) is 17.2. The fourth-order valence-corrected chi connectivity index (χ4v) is 3.16. The SMILES string of the molecule is Cc1cccc(/C(=N/O)c2cccc(CN3CCN(C)CC3)c2)c1. The lowest BCUT2D eigenvalue weighted by molar-refractivity contribution is 0.148. The summed E-state index contributed by atoms with van der Waals surface area (Å²) in [6, 6.07) is 16.4. The first-order valence-corrected chi connectivity index (χ1v) is 8.45. The Hall–Kier alpha value is -2.17. The van der Waals surface area contributed by atoms with E-state index in [0.29, 0.717) is 5.71 Å². The summed E-state index contributed by atoms with van der Waals surface area (Å²) in [5.74, 6) is 0. The molecule has 1 fully saturated rings. The summed E-state index contributed by atoms with van der Waals surface area (Å²) in [5, 5.41) is 13.1. The molecule has 0 aromatic heterocycles. The fraction of sp³-hybridized carbons (Fsp3) is 0.350. The first kappa shape index (κ1) is 16.7. The Balaban J connectivity index is 1.79. The average molecular weight is 323 g/mol. The number of hydrogen-bond donors (Lipinski definition) is 1. The minimum absolute atomic E-state index is 0.624. The van der Waals surface area contributed by atoms with Crippen LogP contribution in [-0.4, -0.2) is 53.9 Å². The van der Waals surface area contributed by atoms with E-state index in [1.54, 1.807) is 0 Å². The Morgan fingerprint density at radius 3 is 2.33 bits per heavy atom. The Morgan fingerprint density at radius 1 is 1.00 bits per heavy atom. The van der Waals surface area contributed by atoms with Crippen LogP contribution in [0.25, 0.3) is 0 Å². The highest BCUT2D eigenvalue weighted by Gasteiger charge is 2.15. The van der Waals surface area contributed by atoms with Gasteiger partial charge in [-0.1, -0.05) is 47.1 Å². The molecule has 0 unspecified atom stereocenters. The lowest BCUT2D eigenvalue weighted by Gasteiger charge is -2.32. The second kappa shape index (κ2) is 7.60. The van der Waals surface area contributed by atoms with E-state index in [9.17, 15) is 5.21 Å². The van der Waals surface area contributed by atoms with Crippen molar-refractivity contribution in [2.45, 2.75) is 13.5 Å². The van der Waals surface area contributed by atoms with Crippen LogP contribution in [0.4, 0.5) is 0 Å². The monoisotopic (exact) mass is 323 g/mol. The molecular weight excluding hydrogens is 298 g/mol. The average Bonchev–Trinajstić information content (AvgIpc) is 2.58. The Morgan fingerprint density at radius 2 is 1.67 bits per heavy atom. The number of oxime groups is 1. The van der Waals surface area contributed by atoms with Crippen LogP contribution in [-0.2, 0) is 6.54 Å². The van der Waals surface area contributed by atoms with Crippen LogP contribution in [0.5, 0.6) is 0 Å². The lowest BCUT2D eigenvalue weighted by Crippen LogP contribution is -2.43. The van der Waals surface area contributed by atoms with Crippen LogP contribution in [0, 0.1) is 6.92 Å². The first-order chi connectivity index (χ1) is 11.7. The fourth-order valence-electron chi connectivity index (χ4n) is 3.16. The molecule has 1 aliphatic rings. The zero-order valence-electron chi connectivity index (χ0n) is 14.4. The van der Waals surface area contributed by atoms with Gasteiger partial charge in [-0.15, -0.1) is 0 Å². The molecule has 0 atom stereocenters. The maximum absolute atomic E-state index is 9.54. The third-order valence-electron chi connectivity index (χ3n) is 4.59. The minimum Gasteiger partial charge on any atom is -0.410 e. The molecule has 0 amide bonds. The van der Waals surface area contributed by atoms with Crippen LogP contribution in [0.1, 0.15) is 22.3 Å². The molecule has 1 N–H and O–H groups in total. The van der Waals surface area contributed by atoms with Gasteiger partial charge in [-0.2, -0.15) is 0 Å². The summed E-state index contributed by atoms with van der Waals surface area (Å²) in [5.41, 5.74) is 4.93. The molecule has 0 saturated carbocycles. The van der Waals surface area contributed by atoms with Crippen molar-refractivity contribution in [1.29, 1.82) is 0 Å². The van der Waals surface area contributed by atoms with Crippen LogP contribution in [0.3, 0.4) is 0 Å². The van der Waals surface area contributed by atoms with Gasteiger partial charge in [-0.05, 0) is 31.7 Å². The molecule has 1 heterocycles. The maximum atomic E-state index is 9.54. The summed E-state index contributed by atoms with van der Waals surface area (Å²) in [6.07, 6.45) is 0. The summed E-state index contributed by atoms with van der Waals surface area (Å²) < 4.78 is 0. The predicted molar refractivity (Wildman–Crippen MR) is 97.8 cm³/mol. The minimum atomic E-state index is 0.624. The predicted octanol–water partition coefficient (Wildman–Crippen LogP) is 2.97. The topological polar surface area (TPSA) is 39.1 Å². The third-order valence-corrected chi connectivity index (χ3v) is 4.59. The molecule has 0 bridgehead atoms. The highest BCUT2D eigenvalue weighted by molar-refractivity contribution is 6.12. The highest BCUT2D eigenvalue weighted by atomic mass is 16.4. The van der Waals surface area contributed by atoms with Gasteiger partial charge in [0.15, 0.2) is 0 Å². The molecule has 0 aliphatic carbocycles. The molecule has 0 spiro atoms. The molecule has 2 aromatic rings. The van der Waals surface area contributed by atoms with Gasteiger partial charge in [0, 0.05) is 43.9 Å². The van der Waals surface area contributed by atoms with Crippen LogP contribution in [0.15, 0.2) is 53.7 Å². The van der Waals surface area contributed by atoms with E-state index in [2.05, 4.69) is 34.1 Å². The molecule has 2 aromatic carbocycles. The number of likely N-dealkylation sites (N-methyl/N-ethyl adjacent to an activating group) is 1. The van der Waals surface area contributed by atoms with Crippen molar-refractivity contribution < 1.29 is 5.21 Å². The Labute approximate surface area is 144 Å². The lowest BCUT2D eigenvalue weighted by atomic mass is 9.99. The molecule has 1 saturated heterocycles. The van der Waals surface area contributed by atoms with E-state index in [-0.39, 0.29) is 0 Å². The van der Waals surface area contributed by atoms with Crippen molar-refractivity contribution in [3.8, 4) is 0 Å². The molecular formula is C20H25N3O. The van der Waals surface area contributed by atoms with Crippen molar-refractivity contribution in [3.05, 3.63) is 70.8 Å². The van der Waals surface area contributed by atoms with Crippen LogP contribution in [0.2, 0.25) is 0 Å². The second-order valence-corrected chi connectivity index (χ2v) is 6.60.